The molecule has 1 fully saturated rings. The van der Waals surface area contributed by atoms with Crippen LogP contribution >= 0.6 is 15.9 Å². The van der Waals surface area contributed by atoms with Crippen LogP contribution in [0.4, 0.5) is 0 Å². The van der Waals surface area contributed by atoms with E-state index in [1.54, 1.807) is 4.68 Å². The molecule has 0 saturated heterocycles. The van der Waals surface area contributed by atoms with Crippen molar-refractivity contribution in [2.75, 3.05) is 0 Å². The summed E-state index contributed by atoms with van der Waals surface area (Å²) >= 11 is 3.51. The highest BCUT2D eigenvalue weighted by Gasteiger charge is 2.20. The lowest BCUT2D eigenvalue weighted by atomic mass is 10.3. The van der Waals surface area contributed by atoms with Crippen LogP contribution in [0.25, 0.3) is 5.69 Å². The van der Waals surface area contributed by atoms with E-state index in [1.165, 1.54) is 12.8 Å². The molecule has 1 heterocycles. The van der Waals surface area contributed by atoms with E-state index in [4.69, 9.17) is 0 Å². The van der Waals surface area contributed by atoms with Crippen LogP contribution in [0, 0.1) is 0 Å². The smallest absolute Gasteiger partial charge is 0.0969 e. The Morgan fingerprint density at radius 3 is 2.94 bits per heavy atom. The van der Waals surface area contributed by atoms with Crippen LogP contribution in [0.1, 0.15) is 18.5 Å². The first-order valence-corrected chi connectivity index (χ1v) is 6.52. The second kappa shape index (κ2) is 4.58. The Bertz CT molecular complexity index is 519. The second-order valence-corrected chi connectivity index (χ2v) is 5.12. The number of benzene rings is 1. The maximum Gasteiger partial charge on any atom is 0.0969 e. The molecule has 3 rings (SSSR count). The minimum Gasteiger partial charge on any atom is -0.308 e. The molecule has 0 unspecified atom stereocenters. The quantitative estimate of drug-likeness (QED) is 0.940. The number of nitrogens with one attached hydrogen (secondary N) is 1. The van der Waals surface area contributed by atoms with E-state index >= 15 is 0 Å². The summed E-state index contributed by atoms with van der Waals surface area (Å²) in [5.41, 5.74) is 1.99. The van der Waals surface area contributed by atoms with Gasteiger partial charge >= 0.3 is 0 Å². The lowest BCUT2D eigenvalue weighted by Crippen LogP contribution is -2.15. The molecule has 0 amide bonds. The summed E-state index contributed by atoms with van der Waals surface area (Å²) in [5.74, 6) is 0. The molecule has 0 bridgehead atoms. The fourth-order valence-electron chi connectivity index (χ4n) is 1.67. The van der Waals surface area contributed by atoms with Gasteiger partial charge < -0.3 is 5.32 Å². The van der Waals surface area contributed by atoms with Crippen LogP contribution in [0.5, 0.6) is 0 Å². The maximum atomic E-state index is 4.16. The average molecular weight is 293 g/mol. The third-order valence-corrected chi connectivity index (χ3v) is 3.46. The molecule has 1 N–H and O–H groups in total. The predicted octanol–water partition coefficient (Wildman–Crippen LogP) is 2.28. The Morgan fingerprint density at radius 2 is 2.18 bits per heavy atom. The number of hydrogen-bond donors (Lipinski definition) is 1. The molecule has 1 aliphatic rings. The number of hydrogen-bond acceptors (Lipinski definition) is 3. The third-order valence-electron chi connectivity index (χ3n) is 2.79. The van der Waals surface area contributed by atoms with Crippen LogP contribution in [0.3, 0.4) is 0 Å². The molecule has 1 aromatic carbocycles. The van der Waals surface area contributed by atoms with Crippen LogP contribution in [-0.4, -0.2) is 21.0 Å². The highest BCUT2D eigenvalue weighted by Crippen LogP contribution is 2.20. The van der Waals surface area contributed by atoms with Crippen LogP contribution in [-0.2, 0) is 6.54 Å². The third kappa shape index (κ3) is 2.56. The number of aromatic nitrogens is 3. The molecule has 0 aliphatic heterocycles. The fourth-order valence-corrected chi connectivity index (χ4v) is 2.14. The van der Waals surface area contributed by atoms with E-state index < -0.39 is 0 Å². The van der Waals surface area contributed by atoms with Gasteiger partial charge in [-0.15, -0.1) is 5.10 Å². The van der Waals surface area contributed by atoms with Crippen molar-refractivity contribution in [3.63, 3.8) is 0 Å². The van der Waals surface area contributed by atoms with Crippen molar-refractivity contribution in [3.05, 3.63) is 40.6 Å². The molecule has 0 spiro atoms. The maximum absolute atomic E-state index is 4.16. The van der Waals surface area contributed by atoms with Gasteiger partial charge in [0.05, 0.1) is 17.6 Å². The first-order chi connectivity index (χ1) is 8.33. The Morgan fingerprint density at radius 1 is 1.35 bits per heavy atom. The van der Waals surface area contributed by atoms with Gasteiger partial charge in [-0.05, 0) is 40.9 Å². The predicted molar refractivity (Wildman–Crippen MR) is 68.9 cm³/mol. The zero-order chi connectivity index (χ0) is 11.7. The largest absolute Gasteiger partial charge is 0.308 e. The molecule has 17 heavy (non-hydrogen) atoms. The Balaban J connectivity index is 1.77. The van der Waals surface area contributed by atoms with E-state index in [9.17, 15) is 0 Å². The monoisotopic (exact) mass is 292 g/mol. The summed E-state index contributed by atoms with van der Waals surface area (Å²) in [5, 5.41) is 11.7. The summed E-state index contributed by atoms with van der Waals surface area (Å²) in [6.45, 7) is 0.801. The van der Waals surface area contributed by atoms with Gasteiger partial charge in [0.25, 0.3) is 0 Å². The van der Waals surface area contributed by atoms with Crippen molar-refractivity contribution in [1.29, 1.82) is 0 Å². The molecule has 1 aromatic heterocycles. The summed E-state index contributed by atoms with van der Waals surface area (Å²) in [7, 11) is 0. The van der Waals surface area contributed by atoms with Crippen molar-refractivity contribution in [2.45, 2.75) is 25.4 Å². The molecule has 1 aliphatic carbocycles. The standard InChI is InChI=1S/C12H13BrN4/c13-11-3-1-2-4-12(11)17-8-10(15-16-17)7-14-9-5-6-9/h1-4,8-9,14H,5-7H2. The second-order valence-electron chi connectivity index (χ2n) is 4.26. The highest BCUT2D eigenvalue weighted by molar-refractivity contribution is 9.10. The van der Waals surface area contributed by atoms with E-state index in [0.29, 0.717) is 6.04 Å². The lowest BCUT2D eigenvalue weighted by Gasteiger charge is -2.01. The van der Waals surface area contributed by atoms with E-state index in [0.717, 1.165) is 22.4 Å². The van der Waals surface area contributed by atoms with Crippen molar-refractivity contribution in [1.82, 2.24) is 20.3 Å². The summed E-state index contributed by atoms with van der Waals surface area (Å²) in [4.78, 5) is 0. The van der Waals surface area contributed by atoms with Crippen molar-refractivity contribution in [2.24, 2.45) is 0 Å². The average Bonchev–Trinajstić information content (AvgIpc) is 3.06. The molecular formula is C12H13BrN4. The van der Waals surface area contributed by atoms with Gasteiger partial charge in [0.2, 0.25) is 0 Å². The van der Waals surface area contributed by atoms with Crippen LogP contribution in [0.2, 0.25) is 0 Å². The highest BCUT2D eigenvalue weighted by atomic mass is 79.9. The van der Waals surface area contributed by atoms with Gasteiger partial charge in [-0.1, -0.05) is 17.3 Å². The lowest BCUT2D eigenvalue weighted by molar-refractivity contribution is 0.671. The SMILES string of the molecule is Brc1ccccc1-n1cc(CNC2CC2)nn1. The Hall–Kier alpha value is -1.20. The zero-order valence-electron chi connectivity index (χ0n) is 9.31. The van der Waals surface area contributed by atoms with Gasteiger partial charge in [-0.3, -0.25) is 0 Å². The van der Waals surface area contributed by atoms with Crippen molar-refractivity contribution >= 4 is 15.9 Å². The molecule has 1 saturated carbocycles. The van der Waals surface area contributed by atoms with Crippen LogP contribution < -0.4 is 5.32 Å². The summed E-state index contributed by atoms with van der Waals surface area (Å²) in [6, 6.07) is 8.68. The minimum atomic E-state index is 0.698. The number of nitrogens with zero attached hydrogens (tertiary/aromatic N) is 3. The van der Waals surface area contributed by atoms with Crippen LogP contribution in [0.15, 0.2) is 34.9 Å². The van der Waals surface area contributed by atoms with E-state index in [-0.39, 0.29) is 0 Å². The molecule has 2 aromatic rings. The molecule has 5 heteroatoms. The molecular weight excluding hydrogens is 280 g/mol. The van der Waals surface area contributed by atoms with E-state index in [1.807, 2.05) is 30.5 Å². The summed E-state index contributed by atoms with van der Waals surface area (Å²) in [6.07, 6.45) is 4.55. The van der Waals surface area contributed by atoms with Crippen molar-refractivity contribution < 1.29 is 0 Å². The van der Waals surface area contributed by atoms with Crippen molar-refractivity contribution in [3.8, 4) is 5.69 Å². The van der Waals surface area contributed by atoms with Gasteiger partial charge in [0.15, 0.2) is 0 Å². The Kier molecular flexibility index (Phi) is 2.94. The summed E-state index contributed by atoms with van der Waals surface area (Å²) < 4.78 is 2.82. The topological polar surface area (TPSA) is 42.7 Å². The van der Waals surface area contributed by atoms with Gasteiger partial charge in [0.1, 0.15) is 0 Å². The first-order valence-electron chi connectivity index (χ1n) is 5.72. The normalized spacial score (nSPS) is 15.1. The minimum absolute atomic E-state index is 0.698. The van der Waals surface area contributed by atoms with Gasteiger partial charge in [-0.25, -0.2) is 4.68 Å². The van der Waals surface area contributed by atoms with E-state index in [2.05, 4.69) is 31.6 Å². The number of rotatable bonds is 4. The fraction of sp³-hybridized carbons (Fsp3) is 0.333. The Labute approximate surface area is 108 Å². The molecule has 4 nitrogen and oxygen atoms in total. The molecule has 0 radical (unpaired) electrons. The van der Waals surface area contributed by atoms with Gasteiger partial charge in [0, 0.05) is 17.1 Å². The molecule has 88 valence electrons. The first kappa shape index (κ1) is 10.9. The molecule has 0 atom stereocenters. The van der Waals surface area contributed by atoms with Gasteiger partial charge in [-0.2, -0.15) is 0 Å². The number of para-hydroxylation sites is 1. The number of halogens is 1. The zero-order valence-corrected chi connectivity index (χ0v) is 10.9.